The molecule has 0 saturated carbocycles. The summed E-state index contributed by atoms with van der Waals surface area (Å²) in [6.45, 7) is 8.71. The van der Waals surface area contributed by atoms with Gasteiger partial charge in [-0.05, 0) is 83.0 Å². The average molecular weight is 259 g/mol. The van der Waals surface area contributed by atoms with E-state index in [0.717, 1.165) is 11.8 Å². The second-order valence-corrected chi connectivity index (χ2v) is 6.47. The molecule has 2 aliphatic rings. The molecule has 1 fully saturated rings. The van der Waals surface area contributed by atoms with Crippen LogP contribution in [-0.2, 0) is 0 Å². The van der Waals surface area contributed by atoms with E-state index in [2.05, 4.69) is 43.7 Å². The van der Waals surface area contributed by atoms with E-state index in [-0.39, 0.29) is 0 Å². The van der Waals surface area contributed by atoms with E-state index in [1.54, 1.807) is 0 Å². The Hall–Kier alpha value is -0.820. The molecule has 2 rings (SSSR count). The van der Waals surface area contributed by atoms with Gasteiger partial charge in [-0.2, -0.15) is 0 Å². The quantitative estimate of drug-likeness (QED) is 0.714. The highest BCUT2D eigenvalue weighted by atomic mass is 15.1. The Balaban J connectivity index is 1.72. The van der Waals surface area contributed by atoms with Crippen molar-refractivity contribution >= 4 is 0 Å². The molecule has 0 aromatic heterocycles. The number of hydrogen-bond acceptors (Lipinski definition) is 1. The fourth-order valence-corrected chi connectivity index (χ4v) is 3.24. The summed E-state index contributed by atoms with van der Waals surface area (Å²) in [5.41, 5.74) is 2.54. The minimum atomic E-state index is 0.768. The first-order chi connectivity index (χ1) is 9.15. The lowest BCUT2D eigenvalue weighted by Gasteiger charge is -2.20. The smallest absolute Gasteiger partial charge is 0.00191 e. The van der Waals surface area contributed by atoms with Crippen LogP contribution in [0, 0.1) is 11.8 Å². The zero-order chi connectivity index (χ0) is 13.7. The minimum absolute atomic E-state index is 0.768. The van der Waals surface area contributed by atoms with Crippen molar-refractivity contribution in [1.82, 2.24) is 4.90 Å². The van der Waals surface area contributed by atoms with Crippen LogP contribution in [0.4, 0.5) is 0 Å². The monoisotopic (exact) mass is 259 g/mol. The molecule has 1 heterocycles. The summed E-state index contributed by atoms with van der Waals surface area (Å²) in [7, 11) is 2.26. The van der Waals surface area contributed by atoms with Crippen molar-refractivity contribution in [2.75, 3.05) is 20.1 Å². The first kappa shape index (κ1) is 14.6. The maximum atomic E-state index is 4.02. The second-order valence-electron chi connectivity index (χ2n) is 6.47. The van der Waals surface area contributed by atoms with Gasteiger partial charge in [-0.1, -0.05) is 30.4 Å². The summed E-state index contributed by atoms with van der Waals surface area (Å²) in [5.74, 6) is 1.73. The van der Waals surface area contributed by atoms with E-state index in [4.69, 9.17) is 0 Å². The predicted molar refractivity (Wildman–Crippen MR) is 84.2 cm³/mol. The van der Waals surface area contributed by atoms with Crippen molar-refractivity contribution in [2.45, 2.75) is 45.4 Å². The maximum Gasteiger partial charge on any atom is -0.00191 e. The van der Waals surface area contributed by atoms with Gasteiger partial charge in [-0.25, -0.2) is 0 Å². The Labute approximate surface area is 119 Å². The third kappa shape index (κ3) is 4.65. The molecule has 106 valence electrons. The van der Waals surface area contributed by atoms with Crippen molar-refractivity contribution in [2.24, 2.45) is 11.8 Å². The largest absolute Gasteiger partial charge is 0.306 e. The highest BCUT2D eigenvalue weighted by Crippen LogP contribution is 2.28. The highest BCUT2D eigenvalue weighted by molar-refractivity contribution is 5.38. The summed E-state index contributed by atoms with van der Waals surface area (Å²) in [5, 5.41) is 0. The van der Waals surface area contributed by atoms with Crippen LogP contribution in [-0.4, -0.2) is 25.0 Å². The van der Waals surface area contributed by atoms with Gasteiger partial charge in [0.1, 0.15) is 0 Å². The SMILES string of the molecule is C=C(C)C1=CCC(CCC2CCCN(C)CC2)C=C1. The van der Waals surface area contributed by atoms with E-state index in [1.807, 2.05) is 0 Å². The molecule has 0 aromatic rings. The predicted octanol–water partition coefficient (Wildman–Crippen LogP) is 4.58. The number of hydrogen-bond donors (Lipinski definition) is 0. The third-order valence-electron chi connectivity index (χ3n) is 4.70. The van der Waals surface area contributed by atoms with Gasteiger partial charge in [0.05, 0.1) is 0 Å². The van der Waals surface area contributed by atoms with Crippen LogP contribution in [0.2, 0.25) is 0 Å². The van der Waals surface area contributed by atoms with Crippen LogP contribution >= 0.6 is 0 Å². The molecule has 2 atom stereocenters. The first-order valence-corrected chi connectivity index (χ1v) is 7.88. The minimum Gasteiger partial charge on any atom is -0.306 e. The van der Waals surface area contributed by atoms with Crippen LogP contribution in [0.1, 0.15) is 45.4 Å². The van der Waals surface area contributed by atoms with E-state index < -0.39 is 0 Å². The highest BCUT2D eigenvalue weighted by Gasteiger charge is 2.17. The van der Waals surface area contributed by atoms with Crippen LogP contribution in [0.5, 0.6) is 0 Å². The Morgan fingerprint density at radius 3 is 2.84 bits per heavy atom. The molecular weight excluding hydrogens is 230 g/mol. The molecule has 1 heteroatoms. The average Bonchev–Trinajstić information content (AvgIpc) is 2.61. The van der Waals surface area contributed by atoms with Gasteiger partial charge in [0.15, 0.2) is 0 Å². The number of nitrogens with zero attached hydrogens (tertiary/aromatic N) is 1. The second kappa shape index (κ2) is 7.09. The molecule has 0 spiro atoms. The zero-order valence-corrected chi connectivity index (χ0v) is 12.7. The first-order valence-electron chi connectivity index (χ1n) is 7.88. The molecule has 1 nitrogen and oxygen atoms in total. The molecule has 19 heavy (non-hydrogen) atoms. The number of rotatable bonds is 4. The third-order valence-corrected chi connectivity index (χ3v) is 4.70. The lowest BCUT2D eigenvalue weighted by Crippen LogP contribution is -2.18. The Morgan fingerprint density at radius 2 is 2.16 bits per heavy atom. The lowest BCUT2D eigenvalue weighted by atomic mass is 9.86. The van der Waals surface area contributed by atoms with Gasteiger partial charge in [0, 0.05) is 0 Å². The summed E-state index contributed by atoms with van der Waals surface area (Å²) < 4.78 is 0. The van der Waals surface area contributed by atoms with E-state index in [0.29, 0.717) is 0 Å². The molecule has 0 amide bonds. The topological polar surface area (TPSA) is 3.24 Å². The number of likely N-dealkylation sites (tertiary alicyclic amines) is 1. The molecule has 1 saturated heterocycles. The summed E-state index contributed by atoms with van der Waals surface area (Å²) >= 11 is 0. The van der Waals surface area contributed by atoms with Gasteiger partial charge in [-0.3, -0.25) is 0 Å². The Morgan fingerprint density at radius 1 is 1.32 bits per heavy atom. The van der Waals surface area contributed by atoms with Crippen molar-refractivity contribution in [3.05, 3.63) is 36.0 Å². The van der Waals surface area contributed by atoms with Crippen molar-refractivity contribution in [3.63, 3.8) is 0 Å². The molecule has 0 aromatic carbocycles. The van der Waals surface area contributed by atoms with Crippen LogP contribution < -0.4 is 0 Å². The molecule has 1 aliphatic carbocycles. The van der Waals surface area contributed by atoms with E-state index >= 15 is 0 Å². The van der Waals surface area contributed by atoms with Gasteiger partial charge in [-0.15, -0.1) is 0 Å². The van der Waals surface area contributed by atoms with Crippen LogP contribution in [0.25, 0.3) is 0 Å². The maximum absolute atomic E-state index is 4.02. The van der Waals surface area contributed by atoms with E-state index in [1.165, 1.54) is 62.8 Å². The van der Waals surface area contributed by atoms with Gasteiger partial charge in [0.2, 0.25) is 0 Å². The molecule has 2 unspecified atom stereocenters. The normalized spacial score (nSPS) is 28.8. The fourth-order valence-electron chi connectivity index (χ4n) is 3.24. The molecular formula is C18H29N. The molecule has 0 bridgehead atoms. The molecule has 0 radical (unpaired) electrons. The fraction of sp³-hybridized carbons (Fsp3) is 0.667. The van der Waals surface area contributed by atoms with Crippen LogP contribution in [0.15, 0.2) is 36.0 Å². The van der Waals surface area contributed by atoms with Gasteiger partial charge >= 0.3 is 0 Å². The Kier molecular flexibility index (Phi) is 5.45. The van der Waals surface area contributed by atoms with E-state index in [9.17, 15) is 0 Å². The summed E-state index contributed by atoms with van der Waals surface area (Å²) in [6.07, 6.45) is 15.3. The van der Waals surface area contributed by atoms with Crippen molar-refractivity contribution in [3.8, 4) is 0 Å². The zero-order valence-electron chi connectivity index (χ0n) is 12.7. The van der Waals surface area contributed by atoms with Crippen molar-refractivity contribution in [1.29, 1.82) is 0 Å². The number of allylic oxidation sites excluding steroid dienone is 5. The molecule has 1 aliphatic heterocycles. The summed E-state index contributed by atoms with van der Waals surface area (Å²) in [6, 6.07) is 0. The van der Waals surface area contributed by atoms with Crippen LogP contribution in [0.3, 0.4) is 0 Å². The molecule has 0 N–H and O–H groups in total. The van der Waals surface area contributed by atoms with Gasteiger partial charge < -0.3 is 4.90 Å². The van der Waals surface area contributed by atoms with Crippen molar-refractivity contribution < 1.29 is 0 Å². The standard InChI is InChI=1S/C18H29N/c1-15(2)18-10-8-17(9-11-18)7-6-16-5-4-13-19(3)14-12-16/h8,10-11,16-17H,1,4-7,9,12-14H2,2-3H3. The van der Waals surface area contributed by atoms with Gasteiger partial charge in [0.25, 0.3) is 0 Å². The Bertz CT molecular complexity index is 364. The summed E-state index contributed by atoms with van der Waals surface area (Å²) in [4.78, 5) is 2.49. The lowest BCUT2D eigenvalue weighted by molar-refractivity contribution is 0.334.